The fourth-order valence-electron chi connectivity index (χ4n) is 1.13. The summed E-state index contributed by atoms with van der Waals surface area (Å²) in [7, 11) is 0. The number of benzene rings is 1. The summed E-state index contributed by atoms with van der Waals surface area (Å²) in [6.45, 7) is 1.84. The average molecular weight is 224 g/mol. The first kappa shape index (κ1) is 12.0. The molecule has 0 aliphatic carbocycles. The molecule has 0 saturated carbocycles. The topological polar surface area (TPSA) is 95.5 Å². The van der Waals surface area contributed by atoms with Crippen LogP contribution in [0.15, 0.2) is 18.2 Å². The van der Waals surface area contributed by atoms with Crippen molar-refractivity contribution < 1.29 is 14.5 Å². The van der Waals surface area contributed by atoms with E-state index in [0.29, 0.717) is 6.42 Å². The maximum atomic E-state index is 11.2. The molecule has 0 atom stereocenters. The number of hydrogen-bond acceptors (Lipinski definition) is 5. The number of hydrogen-bond donors (Lipinski definition) is 1. The van der Waals surface area contributed by atoms with Crippen LogP contribution in [0.1, 0.15) is 19.8 Å². The van der Waals surface area contributed by atoms with Crippen LogP contribution in [0.4, 0.5) is 11.4 Å². The van der Waals surface area contributed by atoms with Crippen molar-refractivity contribution in [1.29, 1.82) is 0 Å². The molecular weight excluding hydrogens is 212 g/mol. The number of nitro benzene ring substituents is 1. The Morgan fingerprint density at radius 3 is 2.81 bits per heavy atom. The van der Waals surface area contributed by atoms with Crippen LogP contribution in [0.25, 0.3) is 0 Å². The van der Waals surface area contributed by atoms with Crippen LogP contribution in [-0.2, 0) is 4.79 Å². The molecular formula is C10H12N2O4. The molecule has 1 aromatic rings. The Hall–Kier alpha value is -2.11. The number of ether oxygens (including phenoxy) is 1. The number of anilines is 1. The van der Waals surface area contributed by atoms with Gasteiger partial charge in [0.1, 0.15) is 11.4 Å². The van der Waals surface area contributed by atoms with Gasteiger partial charge >= 0.3 is 5.97 Å². The highest BCUT2D eigenvalue weighted by Gasteiger charge is 2.13. The zero-order valence-electron chi connectivity index (χ0n) is 8.80. The van der Waals surface area contributed by atoms with Gasteiger partial charge in [-0.05, 0) is 18.6 Å². The summed E-state index contributed by atoms with van der Waals surface area (Å²) in [5.41, 5.74) is 5.18. The minimum Gasteiger partial charge on any atom is -0.426 e. The summed E-state index contributed by atoms with van der Waals surface area (Å²) < 4.78 is 4.90. The fourth-order valence-corrected chi connectivity index (χ4v) is 1.13. The van der Waals surface area contributed by atoms with E-state index in [0.717, 1.165) is 6.07 Å². The smallest absolute Gasteiger partial charge is 0.311 e. The zero-order valence-corrected chi connectivity index (χ0v) is 8.80. The van der Waals surface area contributed by atoms with Crippen LogP contribution < -0.4 is 10.5 Å². The molecule has 16 heavy (non-hydrogen) atoms. The highest BCUT2D eigenvalue weighted by atomic mass is 16.6. The van der Waals surface area contributed by atoms with Crippen molar-refractivity contribution >= 4 is 17.3 Å². The maximum Gasteiger partial charge on any atom is 0.311 e. The van der Waals surface area contributed by atoms with Crippen LogP contribution in [0.3, 0.4) is 0 Å². The first-order valence-electron chi connectivity index (χ1n) is 4.79. The second-order valence-electron chi connectivity index (χ2n) is 3.20. The highest BCUT2D eigenvalue weighted by molar-refractivity contribution is 5.73. The molecule has 0 fully saturated rings. The Bertz CT molecular complexity index is 417. The Morgan fingerprint density at radius 2 is 2.25 bits per heavy atom. The molecule has 1 rings (SSSR count). The summed E-state index contributed by atoms with van der Waals surface area (Å²) in [4.78, 5) is 21.1. The van der Waals surface area contributed by atoms with Gasteiger partial charge in [0, 0.05) is 6.42 Å². The van der Waals surface area contributed by atoms with E-state index in [2.05, 4.69) is 0 Å². The third-order valence-electron chi connectivity index (χ3n) is 1.88. The Balaban J connectivity index is 2.87. The van der Waals surface area contributed by atoms with E-state index in [9.17, 15) is 14.9 Å². The molecule has 0 spiro atoms. The SMILES string of the molecule is CCCC(=O)Oc1ccc(N)c([N+](=O)[O-])c1. The van der Waals surface area contributed by atoms with Crippen LogP contribution in [0.5, 0.6) is 5.75 Å². The second kappa shape index (κ2) is 5.11. The number of carbonyl (C=O) groups excluding carboxylic acids is 1. The molecule has 0 aromatic heterocycles. The molecule has 0 radical (unpaired) electrons. The van der Waals surface area contributed by atoms with Crippen LogP contribution >= 0.6 is 0 Å². The summed E-state index contributed by atoms with van der Waals surface area (Å²) in [6.07, 6.45) is 0.939. The number of esters is 1. The van der Waals surface area contributed by atoms with Crippen LogP contribution in [0, 0.1) is 10.1 Å². The van der Waals surface area contributed by atoms with Crippen molar-refractivity contribution in [2.24, 2.45) is 0 Å². The van der Waals surface area contributed by atoms with Gasteiger partial charge in [-0.3, -0.25) is 14.9 Å². The summed E-state index contributed by atoms with van der Waals surface area (Å²) >= 11 is 0. The second-order valence-corrected chi connectivity index (χ2v) is 3.20. The highest BCUT2D eigenvalue weighted by Crippen LogP contribution is 2.26. The molecule has 2 N–H and O–H groups in total. The van der Waals surface area contributed by atoms with Crippen molar-refractivity contribution in [2.75, 3.05) is 5.73 Å². The van der Waals surface area contributed by atoms with Crippen molar-refractivity contribution in [1.82, 2.24) is 0 Å². The molecule has 0 bridgehead atoms. The molecule has 6 heteroatoms. The molecule has 86 valence electrons. The van der Waals surface area contributed by atoms with Gasteiger partial charge in [0.15, 0.2) is 0 Å². The average Bonchev–Trinajstić information content (AvgIpc) is 2.21. The van der Waals surface area contributed by atoms with Gasteiger partial charge < -0.3 is 10.5 Å². The predicted molar refractivity (Wildman–Crippen MR) is 58.1 cm³/mol. The van der Waals surface area contributed by atoms with Gasteiger partial charge in [-0.15, -0.1) is 0 Å². The molecule has 0 aliphatic rings. The van der Waals surface area contributed by atoms with Crippen molar-refractivity contribution in [3.05, 3.63) is 28.3 Å². The first-order chi connectivity index (χ1) is 7.54. The Morgan fingerprint density at radius 1 is 1.56 bits per heavy atom. The largest absolute Gasteiger partial charge is 0.426 e. The number of carbonyl (C=O) groups is 1. The van der Waals surface area contributed by atoms with E-state index in [-0.39, 0.29) is 23.5 Å². The standard InChI is InChI=1S/C10H12N2O4/c1-2-3-10(13)16-7-4-5-8(11)9(6-7)12(14)15/h4-6H,2-3,11H2,1H3. The lowest BCUT2D eigenvalue weighted by Crippen LogP contribution is -2.07. The first-order valence-corrected chi connectivity index (χ1v) is 4.79. The fraction of sp³-hybridized carbons (Fsp3) is 0.300. The van der Waals surface area contributed by atoms with E-state index < -0.39 is 10.9 Å². The Labute approximate surface area is 92.2 Å². The summed E-state index contributed by atoms with van der Waals surface area (Å²) in [6, 6.07) is 3.91. The van der Waals surface area contributed by atoms with Crippen molar-refractivity contribution in [3.8, 4) is 5.75 Å². The van der Waals surface area contributed by atoms with Gasteiger partial charge in [0.25, 0.3) is 5.69 Å². The van der Waals surface area contributed by atoms with Crippen molar-refractivity contribution in [2.45, 2.75) is 19.8 Å². The number of nitrogens with zero attached hydrogens (tertiary/aromatic N) is 1. The molecule has 0 aliphatic heterocycles. The van der Waals surface area contributed by atoms with Crippen LogP contribution in [0.2, 0.25) is 0 Å². The molecule has 1 aromatic carbocycles. The van der Waals surface area contributed by atoms with Gasteiger partial charge in [-0.1, -0.05) is 6.92 Å². The summed E-state index contributed by atoms with van der Waals surface area (Å²) in [5.74, 6) is -0.277. The predicted octanol–water partition coefficient (Wildman–Crippen LogP) is 1.88. The zero-order chi connectivity index (χ0) is 12.1. The quantitative estimate of drug-likeness (QED) is 0.277. The van der Waals surface area contributed by atoms with Gasteiger partial charge in [-0.2, -0.15) is 0 Å². The van der Waals surface area contributed by atoms with Crippen LogP contribution in [-0.4, -0.2) is 10.9 Å². The van der Waals surface area contributed by atoms with E-state index >= 15 is 0 Å². The minimum absolute atomic E-state index is 0.0419. The normalized spacial score (nSPS) is 9.81. The number of rotatable bonds is 4. The van der Waals surface area contributed by atoms with Gasteiger partial charge in [-0.25, -0.2) is 0 Å². The lowest BCUT2D eigenvalue weighted by Gasteiger charge is -2.04. The number of nitrogen functional groups attached to an aromatic ring is 1. The van der Waals surface area contributed by atoms with Gasteiger partial charge in [0.2, 0.25) is 0 Å². The molecule has 0 heterocycles. The number of nitro groups is 1. The molecule has 6 nitrogen and oxygen atoms in total. The molecule has 0 saturated heterocycles. The van der Waals surface area contributed by atoms with Crippen molar-refractivity contribution in [3.63, 3.8) is 0 Å². The molecule has 0 unspecified atom stereocenters. The van der Waals surface area contributed by atoms with E-state index in [1.165, 1.54) is 12.1 Å². The monoisotopic (exact) mass is 224 g/mol. The van der Waals surface area contributed by atoms with E-state index in [4.69, 9.17) is 10.5 Å². The van der Waals surface area contributed by atoms with Gasteiger partial charge in [0.05, 0.1) is 11.0 Å². The third-order valence-corrected chi connectivity index (χ3v) is 1.88. The Kier molecular flexibility index (Phi) is 3.82. The molecule has 0 amide bonds. The lowest BCUT2D eigenvalue weighted by atomic mass is 10.2. The third kappa shape index (κ3) is 2.94. The van der Waals surface area contributed by atoms with E-state index in [1.54, 1.807) is 0 Å². The summed E-state index contributed by atoms with van der Waals surface area (Å²) in [5, 5.41) is 10.6. The minimum atomic E-state index is -0.619. The number of nitrogens with two attached hydrogens (primary N) is 1. The van der Waals surface area contributed by atoms with E-state index in [1.807, 2.05) is 6.92 Å². The maximum absolute atomic E-state index is 11.2. The lowest BCUT2D eigenvalue weighted by molar-refractivity contribution is -0.383.